The van der Waals surface area contributed by atoms with Crippen LogP contribution in [0.1, 0.15) is 55.6 Å². The Kier molecular flexibility index (Phi) is 6.04. The van der Waals surface area contributed by atoms with Gasteiger partial charge in [-0.15, -0.1) is 0 Å². The fourth-order valence-electron chi connectivity index (χ4n) is 4.14. The van der Waals surface area contributed by atoms with Gasteiger partial charge in [-0.2, -0.15) is 0 Å². The number of hydrogen-bond acceptors (Lipinski definition) is 5. The van der Waals surface area contributed by atoms with Crippen molar-refractivity contribution in [1.29, 1.82) is 0 Å². The molecule has 1 saturated carbocycles. The lowest BCUT2D eigenvalue weighted by Crippen LogP contribution is -2.31. The molecule has 2 heterocycles. The van der Waals surface area contributed by atoms with Crippen LogP contribution in [-0.4, -0.2) is 39.4 Å². The highest BCUT2D eigenvalue weighted by Gasteiger charge is 2.24. The first kappa shape index (κ1) is 20.1. The Labute approximate surface area is 176 Å². The standard InChI is InChI=1S/C22H29N3O3S/c1-4-24(12-17-9-10-19-20(11-17)28-14-27-19)21(26)13-29-22-23-15(2)16(3)25(22)18-7-5-6-8-18/h9-11,18H,4-8,12-14H2,1-3H3. The van der Waals surface area contributed by atoms with Crippen LogP contribution in [-0.2, 0) is 11.3 Å². The van der Waals surface area contributed by atoms with Gasteiger partial charge in [0.05, 0.1) is 11.4 Å². The Morgan fingerprint density at radius 2 is 2.00 bits per heavy atom. The first-order chi connectivity index (χ1) is 14.1. The summed E-state index contributed by atoms with van der Waals surface area (Å²) in [5.74, 6) is 2.06. The van der Waals surface area contributed by atoms with E-state index in [0.717, 1.165) is 27.9 Å². The van der Waals surface area contributed by atoms with Crippen molar-refractivity contribution in [1.82, 2.24) is 14.5 Å². The second kappa shape index (κ2) is 8.69. The first-order valence-electron chi connectivity index (χ1n) is 10.4. The largest absolute Gasteiger partial charge is 0.454 e. The summed E-state index contributed by atoms with van der Waals surface area (Å²) in [6.45, 7) is 7.72. The fraction of sp³-hybridized carbons (Fsp3) is 0.545. The van der Waals surface area contributed by atoms with Crippen molar-refractivity contribution in [2.75, 3.05) is 19.1 Å². The molecule has 0 N–H and O–H groups in total. The van der Waals surface area contributed by atoms with Crippen LogP contribution < -0.4 is 9.47 Å². The van der Waals surface area contributed by atoms with Gasteiger partial charge in [0, 0.05) is 24.8 Å². The van der Waals surface area contributed by atoms with Gasteiger partial charge in [0.15, 0.2) is 16.7 Å². The van der Waals surface area contributed by atoms with E-state index in [1.54, 1.807) is 11.8 Å². The number of carbonyl (C=O) groups is 1. The van der Waals surface area contributed by atoms with Crippen molar-refractivity contribution in [3.63, 3.8) is 0 Å². The van der Waals surface area contributed by atoms with Gasteiger partial charge in [0.2, 0.25) is 12.7 Å². The number of aromatic nitrogens is 2. The number of aryl methyl sites for hydroxylation is 1. The van der Waals surface area contributed by atoms with E-state index >= 15 is 0 Å². The van der Waals surface area contributed by atoms with Gasteiger partial charge in [-0.25, -0.2) is 4.98 Å². The second-order valence-corrected chi connectivity index (χ2v) is 8.70. The molecule has 1 aromatic carbocycles. The Balaban J connectivity index is 1.41. The first-order valence-corrected chi connectivity index (χ1v) is 11.4. The third-order valence-corrected chi connectivity index (χ3v) is 6.85. The van der Waals surface area contributed by atoms with Crippen LogP contribution in [0, 0.1) is 13.8 Å². The summed E-state index contributed by atoms with van der Waals surface area (Å²) in [5.41, 5.74) is 3.35. The maximum Gasteiger partial charge on any atom is 0.233 e. The minimum atomic E-state index is 0.131. The van der Waals surface area contributed by atoms with Crippen LogP contribution >= 0.6 is 11.8 Å². The van der Waals surface area contributed by atoms with Crippen LogP contribution in [0.25, 0.3) is 0 Å². The SMILES string of the molecule is CCN(Cc1ccc2c(c1)OCO2)C(=O)CSc1nc(C)c(C)n1C1CCCC1. The average Bonchev–Trinajstić information content (AvgIpc) is 3.45. The molecule has 4 rings (SSSR count). The summed E-state index contributed by atoms with van der Waals surface area (Å²) in [5, 5.41) is 0.986. The maximum atomic E-state index is 12.9. The van der Waals surface area contributed by atoms with Crippen LogP contribution in [0.4, 0.5) is 0 Å². The summed E-state index contributed by atoms with van der Waals surface area (Å²) in [7, 11) is 0. The minimum Gasteiger partial charge on any atom is -0.454 e. The van der Waals surface area contributed by atoms with Gasteiger partial charge in [0.1, 0.15) is 0 Å². The van der Waals surface area contributed by atoms with Crippen molar-refractivity contribution >= 4 is 17.7 Å². The quantitative estimate of drug-likeness (QED) is 0.624. The molecule has 2 aliphatic rings. The normalized spacial score (nSPS) is 15.8. The topological polar surface area (TPSA) is 56.6 Å². The Hall–Kier alpha value is -2.15. The molecule has 0 spiro atoms. The highest BCUT2D eigenvalue weighted by molar-refractivity contribution is 7.99. The molecule has 6 nitrogen and oxygen atoms in total. The molecule has 0 atom stereocenters. The fourth-order valence-corrected chi connectivity index (χ4v) is 5.21. The number of nitrogens with zero attached hydrogens (tertiary/aromatic N) is 3. The van der Waals surface area contributed by atoms with Crippen molar-refractivity contribution in [3.8, 4) is 11.5 Å². The van der Waals surface area contributed by atoms with E-state index in [0.29, 0.717) is 24.9 Å². The van der Waals surface area contributed by atoms with Crippen molar-refractivity contribution in [2.24, 2.45) is 0 Å². The Morgan fingerprint density at radius 3 is 2.76 bits per heavy atom. The minimum absolute atomic E-state index is 0.131. The number of fused-ring (bicyclic) bond motifs is 1. The van der Waals surface area contributed by atoms with E-state index in [-0.39, 0.29) is 12.7 Å². The van der Waals surface area contributed by atoms with E-state index in [4.69, 9.17) is 14.5 Å². The molecule has 0 saturated heterocycles. The van der Waals surface area contributed by atoms with E-state index in [9.17, 15) is 4.79 Å². The Bertz CT molecular complexity index is 890. The van der Waals surface area contributed by atoms with Gasteiger partial charge in [0.25, 0.3) is 0 Å². The highest BCUT2D eigenvalue weighted by Crippen LogP contribution is 2.36. The predicted octanol–water partition coefficient (Wildman–Crippen LogP) is 4.48. The zero-order valence-corrected chi connectivity index (χ0v) is 18.3. The molecule has 1 fully saturated rings. The third-order valence-electron chi connectivity index (χ3n) is 5.91. The molecule has 0 radical (unpaired) electrons. The molecule has 1 aromatic heterocycles. The smallest absolute Gasteiger partial charge is 0.233 e. The number of benzene rings is 1. The summed E-state index contributed by atoms with van der Waals surface area (Å²) < 4.78 is 13.2. The molecule has 29 heavy (non-hydrogen) atoms. The molecule has 1 aliphatic carbocycles. The summed E-state index contributed by atoms with van der Waals surface area (Å²) in [6, 6.07) is 6.40. The molecule has 1 amide bonds. The van der Waals surface area contributed by atoms with E-state index in [2.05, 4.69) is 18.4 Å². The average molecular weight is 416 g/mol. The number of imidazole rings is 1. The monoisotopic (exact) mass is 415 g/mol. The van der Waals surface area contributed by atoms with Crippen LogP contribution in [0.2, 0.25) is 0 Å². The zero-order chi connectivity index (χ0) is 20.4. The molecule has 156 valence electrons. The number of amides is 1. The lowest BCUT2D eigenvalue weighted by molar-refractivity contribution is -0.128. The number of rotatable bonds is 7. The van der Waals surface area contributed by atoms with E-state index < -0.39 is 0 Å². The molecule has 2 aromatic rings. The molecular formula is C22H29N3O3S. The lowest BCUT2D eigenvalue weighted by atomic mass is 10.2. The van der Waals surface area contributed by atoms with E-state index in [1.807, 2.05) is 30.0 Å². The van der Waals surface area contributed by atoms with Crippen molar-refractivity contribution < 1.29 is 14.3 Å². The van der Waals surface area contributed by atoms with E-state index in [1.165, 1.54) is 31.4 Å². The van der Waals surface area contributed by atoms with Crippen LogP contribution in [0.5, 0.6) is 11.5 Å². The van der Waals surface area contributed by atoms with Crippen LogP contribution in [0.15, 0.2) is 23.4 Å². The van der Waals surface area contributed by atoms with Crippen LogP contribution in [0.3, 0.4) is 0 Å². The zero-order valence-electron chi connectivity index (χ0n) is 17.4. The van der Waals surface area contributed by atoms with Gasteiger partial charge < -0.3 is 18.9 Å². The summed E-state index contributed by atoms with van der Waals surface area (Å²) in [6.07, 6.45) is 4.99. The number of thioether (sulfide) groups is 1. The highest BCUT2D eigenvalue weighted by atomic mass is 32.2. The molecule has 7 heteroatoms. The Morgan fingerprint density at radius 1 is 1.24 bits per heavy atom. The van der Waals surface area contributed by atoms with Gasteiger partial charge >= 0.3 is 0 Å². The number of carbonyl (C=O) groups excluding carboxylic acids is 1. The number of ether oxygens (including phenoxy) is 2. The molecular weight excluding hydrogens is 386 g/mol. The van der Waals surface area contributed by atoms with Crippen molar-refractivity contribution in [3.05, 3.63) is 35.2 Å². The number of hydrogen-bond donors (Lipinski definition) is 0. The van der Waals surface area contributed by atoms with Gasteiger partial charge in [-0.3, -0.25) is 4.79 Å². The molecule has 0 unspecified atom stereocenters. The van der Waals surface area contributed by atoms with Crippen molar-refractivity contribution in [2.45, 2.75) is 64.2 Å². The lowest BCUT2D eigenvalue weighted by Gasteiger charge is -2.21. The molecule has 0 bridgehead atoms. The second-order valence-electron chi connectivity index (χ2n) is 7.76. The molecule has 1 aliphatic heterocycles. The maximum absolute atomic E-state index is 12.9. The predicted molar refractivity (Wildman–Crippen MR) is 114 cm³/mol. The van der Waals surface area contributed by atoms with Gasteiger partial charge in [-0.1, -0.05) is 30.7 Å². The third kappa shape index (κ3) is 4.25. The van der Waals surface area contributed by atoms with Gasteiger partial charge in [-0.05, 0) is 51.3 Å². The summed E-state index contributed by atoms with van der Waals surface area (Å²) in [4.78, 5) is 19.6. The summed E-state index contributed by atoms with van der Waals surface area (Å²) >= 11 is 1.57.